The van der Waals surface area contributed by atoms with Crippen LogP contribution in [0.2, 0.25) is 0 Å². The Labute approximate surface area is 107 Å². The average Bonchev–Trinajstić information content (AvgIpc) is 2.78. The summed E-state index contributed by atoms with van der Waals surface area (Å²) in [7, 11) is 0. The van der Waals surface area contributed by atoms with E-state index in [1.54, 1.807) is 11.8 Å². The van der Waals surface area contributed by atoms with E-state index in [2.05, 4.69) is 58.6 Å². The molecule has 78 valence electrons. The van der Waals surface area contributed by atoms with E-state index < -0.39 is 0 Å². The maximum Gasteiger partial charge on any atom is 0.0377 e. The third-order valence-electron chi connectivity index (χ3n) is 2.17. The lowest BCUT2D eigenvalue weighted by molar-refractivity contribution is 1.47. The number of rotatable bonds is 3. The third kappa shape index (κ3) is 2.65. The van der Waals surface area contributed by atoms with Crippen molar-refractivity contribution >= 4 is 39.0 Å². The van der Waals surface area contributed by atoms with Crippen molar-refractivity contribution in [1.29, 1.82) is 0 Å². The molecule has 0 saturated carbocycles. The number of hydrogen-bond acceptors (Lipinski definition) is 2. The SMILES string of the molecule is CSc1ccc(-c2ccc(CBr)s2)cc1. The topological polar surface area (TPSA) is 0 Å². The summed E-state index contributed by atoms with van der Waals surface area (Å²) >= 11 is 7.10. The minimum absolute atomic E-state index is 0.945. The molecule has 1 heterocycles. The molecule has 0 spiro atoms. The summed E-state index contributed by atoms with van der Waals surface area (Å²) in [5, 5.41) is 0.945. The van der Waals surface area contributed by atoms with Gasteiger partial charge in [-0.3, -0.25) is 0 Å². The molecule has 1 aromatic carbocycles. The Bertz CT molecular complexity index is 431. The zero-order valence-electron chi connectivity index (χ0n) is 8.37. The molecule has 2 aromatic rings. The molecule has 0 nitrogen and oxygen atoms in total. The molecule has 15 heavy (non-hydrogen) atoms. The monoisotopic (exact) mass is 298 g/mol. The second-order valence-electron chi connectivity index (χ2n) is 3.13. The second kappa shape index (κ2) is 5.19. The van der Waals surface area contributed by atoms with Gasteiger partial charge in [0, 0.05) is 20.0 Å². The number of hydrogen-bond donors (Lipinski definition) is 0. The summed E-state index contributed by atoms with van der Waals surface area (Å²) in [6, 6.07) is 13.1. The van der Waals surface area contributed by atoms with Gasteiger partial charge >= 0.3 is 0 Å². The summed E-state index contributed by atoms with van der Waals surface area (Å²) < 4.78 is 0. The van der Waals surface area contributed by atoms with Crippen molar-refractivity contribution in [3.63, 3.8) is 0 Å². The number of alkyl halides is 1. The van der Waals surface area contributed by atoms with Crippen LogP contribution in [0.1, 0.15) is 4.88 Å². The standard InChI is InChI=1S/C12H11BrS2/c1-14-10-4-2-9(3-5-10)12-7-6-11(8-13)15-12/h2-7H,8H2,1H3. The van der Waals surface area contributed by atoms with Gasteiger partial charge in [0.15, 0.2) is 0 Å². The minimum Gasteiger partial charge on any atom is -0.139 e. The quantitative estimate of drug-likeness (QED) is 0.565. The van der Waals surface area contributed by atoms with Gasteiger partial charge in [0.2, 0.25) is 0 Å². The van der Waals surface area contributed by atoms with E-state index in [0.29, 0.717) is 0 Å². The maximum absolute atomic E-state index is 3.47. The highest BCUT2D eigenvalue weighted by Crippen LogP contribution is 2.30. The zero-order chi connectivity index (χ0) is 10.7. The van der Waals surface area contributed by atoms with Gasteiger partial charge in [-0.1, -0.05) is 28.1 Å². The summed E-state index contributed by atoms with van der Waals surface area (Å²) in [4.78, 5) is 4.03. The molecule has 0 radical (unpaired) electrons. The highest BCUT2D eigenvalue weighted by molar-refractivity contribution is 9.08. The van der Waals surface area contributed by atoms with E-state index in [0.717, 1.165) is 5.33 Å². The maximum atomic E-state index is 3.47. The largest absolute Gasteiger partial charge is 0.139 e. The molecule has 0 N–H and O–H groups in total. The normalized spacial score (nSPS) is 10.5. The van der Waals surface area contributed by atoms with Gasteiger partial charge in [0.25, 0.3) is 0 Å². The molecule has 0 fully saturated rings. The Hall–Kier alpha value is -0.250. The first-order valence-electron chi connectivity index (χ1n) is 4.62. The molecule has 0 atom stereocenters. The third-order valence-corrected chi connectivity index (χ3v) is 5.02. The average molecular weight is 299 g/mol. The van der Waals surface area contributed by atoms with Crippen LogP contribution in [0.5, 0.6) is 0 Å². The van der Waals surface area contributed by atoms with Crippen molar-refractivity contribution < 1.29 is 0 Å². The minimum atomic E-state index is 0.945. The summed E-state index contributed by atoms with van der Waals surface area (Å²) in [5.74, 6) is 0. The van der Waals surface area contributed by atoms with Crippen LogP contribution in [-0.2, 0) is 5.33 Å². The smallest absolute Gasteiger partial charge is 0.0377 e. The molecule has 0 aliphatic carbocycles. The van der Waals surface area contributed by atoms with Gasteiger partial charge in [0.05, 0.1) is 0 Å². The molecule has 0 bridgehead atoms. The fraction of sp³-hybridized carbons (Fsp3) is 0.167. The van der Waals surface area contributed by atoms with Gasteiger partial charge in [-0.05, 0) is 36.1 Å². The molecule has 3 heteroatoms. The Balaban J connectivity index is 2.28. The van der Waals surface area contributed by atoms with Crippen LogP contribution in [-0.4, -0.2) is 6.26 Å². The van der Waals surface area contributed by atoms with Crippen LogP contribution < -0.4 is 0 Å². The number of thioether (sulfide) groups is 1. The zero-order valence-corrected chi connectivity index (χ0v) is 11.6. The van der Waals surface area contributed by atoms with Gasteiger partial charge < -0.3 is 0 Å². The first-order chi connectivity index (χ1) is 7.33. The number of thiophene rings is 1. The molecule has 1 aromatic heterocycles. The lowest BCUT2D eigenvalue weighted by Gasteiger charge is -1.99. The van der Waals surface area contributed by atoms with Crippen LogP contribution in [0.4, 0.5) is 0 Å². The Morgan fingerprint density at radius 2 is 1.87 bits per heavy atom. The summed E-state index contributed by atoms with van der Waals surface area (Å²) in [6.45, 7) is 0. The molecule has 2 rings (SSSR count). The fourth-order valence-corrected chi connectivity index (χ4v) is 3.16. The summed E-state index contributed by atoms with van der Waals surface area (Å²) in [5.41, 5.74) is 1.31. The molecule has 0 amide bonds. The van der Waals surface area contributed by atoms with Crippen molar-refractivity contribution in [3.8, 4) is 10.4 Å². The van der Waals surface area contributed by atoms with Crippen molar-refractivity contribution in [3.05, 3.63) is 41.3 Å². The lowest BCUT2D eigenvalue weighted by atomic mass is 10.2. The van der Waals surface area contributed by atoms with Crippen LogP contribution in [0.15, 0.2) is 41.3 Å². The van der Waals surface area contributed by atoms with E-state index >= 15 is 0 Å². The van der Waals surface area contributed by atoms with E-state index in [1.165, 1.54) is 20.2 Å². The number of halogens is 1. The first kappa shape index (κ1) is 11.2. The van der Waals surface area contributed by atoms with Gasteiger partial charge in [0.1, 0.15) is 0 Å². The molecular weight excluding hydrogens is 288 g/mol. The predicted molar refractivity (Wildman–Crippen MR) is 74.2 cm³/mol. The van der Waals surface area contributed by atoms with Crippen molar-refractivity contribution in [2.45, 2.75) is 10.2 Å². The van der Waals surface area contributed by atoms with Gasteiger partial charge in [-0.2, -0.15) is 0 Å². The molecule has 0 saturated heterocycles. The van der Waals surface area contributed by atoms with Crippen LogP contribution in [0.3, 0.4) is 0 Å². The van der Waals surface area contributed by atoms with Crippen molar-refractivity contribution in [2.24, 2.45) is 0 Å². The fourth-order valence-electron chi connectivity index (χ4n) is 1.36. The van der Waals surface area contributed by atoms with Crippen LogP contribution >= 0.6 is 39.0 Å². The molecular formula is C12H11BrS2. The molecule has 0 unspecified atom stereocenters. The molecule has 0 aliphatic rings. The van der Waals surface area contributed by atoms with Gasteiger partial charge in [-0.25, -0.2) is 0 Å². The first-order valence-corrected chi connectivity index (χ1v) is 7.79. The second-order valence-corrected chi connectivity index (χ2v) is 5.74. The van der Waals surface area contributed by atoms with E-state index in [9.17, 15) is 0 Å². The Morgan fingerprint density at radius 3 is 2.40 bits per heavy atom. The van der Waals surface area contributed by atoms with E-state index in [1.807, 2.05) is 11.3 Å². The Kier molecular flexibility index (Phi) is 3.89. The summed E-state index contributed by atoms with van der Waals surface area (Å²) in [6.07, 6.45) is 2.10. The number of benzene rings is 1. The Morgan fingerprint density at radius 1 is 1.13 bits per heavy atom. The van der Waals surface area contributed by atoms with Crippen LogP contribution in [0.25, 0.3) is 10.4 Å². The van der Waals surface area contributed by atoms with E-state index in [4.69, 9.17) is 0 Å². The molecule has 0 aliphatic heterocycles. The van der Waals surface area contributed by atoms with Gasteiger partial charge in [-0.15, -0.1) is 23.1 Å². The van der Waals surface area contributed by atoms with Crippen molar-refractivity contribution in [2.75, 3.05) is 6.26 Å². The highest BCUT2D eigenvalue weighted by Gasteiger charge is 2.01. The van der Waals surface area contributed by atoms with E-state index in [-0.39, 0.29) is 0 Å². The lowest BCUT2D eigenvalue weighted by Crippen LogP contribution is -1.72. The van der Waals surface area contributed by atoms with Crippen LogP contribution in [0, 0.1) is 0 Å². The highest BCUT2D eigenvalue weighted by atomic mass is 79.9. The predicted octanol–water partition coefficient (Wildman–Crippen LogP) is 5.03. The van der Waals surface area contributed by atoms with Crippen molar-refractivity contribution in [1.82, 2.24) is 0 Å².